The minimum atomic E-state index is -0.697. The Balaban J connectivity index is 1.44. The summed E-state index contributed by atoms with van der Waals surface area (Å²) in [5.74, 6) is -0.913. The second-order valence-electron chi connectivity index (χ2n) is 8.13. The van der Waals surface area contributed by atoms with Crippen LogP contribution in [0.25, 0.3) is 0 Å². The fraction of sp³-hybridized carbons (Fsp3) is 0.320. The number of carbonyl (C=O) groups excluding carboxylic acids is 3. The fourth-order valence-corrected chi connectivity index (χ4v) is 4.73. The Hall–Kier alpha value is -3.61. The first-order valence-electron chi connectivity index (χ1n) is 10.8. The van der Waals surface area contributed by atoms with Gasteiger partial charge in [-0.1, -0.05) is 36.4 Å². The molecule has 0 bridgehead atoms. The number of cyclic esters (lactones) is 1. The molecule has 1 saturated heterocycles. The fourth-order valence-electron chi connectivity index (χ4n) is 4.73. The minimum Gasteiger partial charge on any atom is -0.454 e. The molecule has 7 heteroatoms. The quantitative estimate of drug-likeness (QED) is 0.415. The lowest BCUT2D eigenvalue weighted by Gasteiger charge is -2.40. The van der Waals surface area contributed by atoms with E-state index in [9.17, 15) is 14.4 Å². The molecule has 0 radical (unpaired) electrons. The molecule has 164 valence electrons. The second kappa shape index (κ2) is 8.49. The van der Waals surface area contributed by atoms with Gasteiger partial charge in [-0.05, 0) is 54.7 Å². The summed E-state index contributed by atoms with van der Waals surface area (Å²) in [6, 6.07) is 17.4. The number of nitrogens with zero attached hydrogens (tertiary/aromatic N) is 1. The van der Waals surface area contributed by atoms with Crippen LogP contribution in [0, 0.1) is 0 Å². The molecule has 0 aromatic heterocycles. The number of rotatable bonds is 4. The van der Waals surface area contributed by atoms with Gasteiger partial charge in [-0.2, -0.15) is 0 Å². The largest absolute Gasteiger partial charge is 0.454 e. The molecular formula is C25H23NO6. The number of esters is 2. The molecule has 1 amide bonds. The molecule has 3 atom stereocenters. The van der Waals surface area contributed by atoms with Crippen LogP contribution in [0.5, 0.6) is 0 Å². The summed E-state index contributed by atoms with van der Waals surface area (Å²) in [4.78, 5) is 39.4. The first-order chi connectivity index (χ1) is 15.6. The predicted molar refractivity (Wildman–Crippen MR) is 114 cm³/mol. The molecule has 0 N–H and O–H groups in total. The first kappa shape index (κ1) is 20.3. The van der Waals surface area contributed by atoms with Crippen molar-refractivity contribution in [3.8, 4) is 0 Å². The first-order valence-corrected chi connectivity index (χ1v) is 10.8. The highest BCUT2D eigenvalue weighted by Crippen LogP contribution is 2.40. The Bertz CT molecular complexity index is 1060. The topological polar surface area (TPSA) is 82.1 Å². The molecule has 5 rings (SSSR count). The highest BCUT2D eigenvalue weighted by Gasteiger charge is 2.46. The van der Waals surface area contributed by atoms with Gasteiger partial charge in [0.1, 0.15) is 12.7 Å². The van der Waals surface area contributed by atoms with E-state index in [1.807, 2.05) is 12.1 Å². The van der Waals surface area contributed by atoms with Gasteiger partial charge in [-0.15, -0.1) is 0 Å². The molecule has 32 heavy (non-hydrogen) atoms. The van der Waals surface area contributed by atoms with Crippen LogP contribution >= 0.6 is 0 Å². The number of hydrogen-bond donors (Lipinski definition) is 0. The second-order valence-corrected chi connectivity index (χ2v) is 8.13. The van der Waals surface area contributed by atoms with Crippen molar-refractivity contribution in [1.29, 1.82) is 0 Å². The molecule has 2 aliphatic heterocycles. The summed E-state index contributed by atoms with van der Waals surface area (Å²) >= 11 is 0. The molecule has 2 heterocycles. The van der Waals surface area contributed by atoms with Crippen molar-refractivity contribution in [2.75, 3.05) is 13.2 Å². The summed E-state index contributed by atoms with van der Waals surface area (Å²) in [5, 5.41) is 0. The maximum absolute atomic E-state index is 12.9. The van der Waals surface area contributed by atoms with Crippen molar-refractivity contribution in [2.45, 2.75) is 37.5 Å². The normalized spacial score (nSPS) is 24.3. The molecule has 1 fully saturated rings. The lowest BCUT2D eigenvalue weighted by Crippen LogP contribution is -2.48. The van der Waals surface area contributed by atoms with E-state index in [0.717, 1.165) is 11.1 Å². The summed E-state index contributed by atoms with van der Waals surface area (Å²) in [6.45, 7) is 0.784. The van der Waals surface area contributed by atoms with E-state index in [1.54, 1.807) is 53.4 Å². The third-order valence-electron chi connectivity index (χ3n) is 6.30. The van der Waals surface area contributed by atoms with E-state index in [4.69, 9.17) is 14.2 Å². The molecule has 1 aliphatic carbocycles. The van der Waals surface area contributed by atoms with Crippen LogP contribution < -0.4 is 0 Å². The summed E-state index contributed by atoms with van der Waals surface area (Å²) in [6.07, 6.45) is 0.0994. The molecule has 0 saturated carbocycles. The molecule has 0 spiro atoms. The number of hydrogen-bond acceptors (Lipinski definition) is 6. The van der Waals surface area contributed by atoms with E-state index in [0.29, 0.717) is 43.5 Å². The van der Waals surface area contributed by atoms with Gasteiger partial charge in [0, 0.05) is 6.54 Å². The number of amides is 1. The van der Waals surface area contributed by atoms with Crippen LogP contribution in [0.4, 0.5) is 4.79 Å². The van der Waals surface area contributed by atoms with Gasteiger partial charge in [0.05, 0.1) is 17.2 Å². The Morgan fingerprint density at radius 1 is 0.844 bits per heavy atom. The SMILES string of the molecule is O=C(O[C@H]1CCC2=C(CCN3C(=O)OC[C@H]23)[C@H]1OC(=O)c1ccccc1)c1ccccc1. The van der Waals surface area contributed by atoms with Crippen molar-refractivity contribution in [2.24, 2.45) is 0 Å². The Morgan fingerprint density at radius 3 is 2.12 bits per heavy atom. The van der Waals surface area contributed by atoms with Gasteiger partial charge in [0.15, 0.2) is 6.10 Å². The van der Waals surface area contributed by atoms with Crippen LogP contribution in [-0.4, -0.2) is 54.3 Å². The number of ether oxygens (including phenoxy) is 3. The van der Waals surface area contributed by atoms with Gasteiger partial charge in [0.25, 0.3) is 0 Å². The van der Waals surface area contributed by atoms with E-state index >= 15 is 0 Å². The lowest BCUT2D eigenvalue weighted by atomic mass is 9.79. The van der Waals surface area contributed by atoms with Crippen molar-refractivity contribution < 1.29 is 28.6 Å². The zero-order valence-electron chi connectivity index (χ0n) is 17.4. The summed E-state index contributed by atoms with van der Waals surface area (Å²) in [7, 11) is 0. The average molecular weight is 433 g/mol. The Kier molecular flexibility index (Phi) is 5.39. The van der Waals surface area contributed by atoms with Gasteiger partial charge in [0.2, 0.25) is 0 Å². The molecule has 7 nitrogen and oxygen atoms in total. The standard InChI is InChI=1S/C25H23NO6/c27-23(16-7-3-1-4-8-16)31-21-12-11-18-19(13-14-26-20(18)15-30-25(26)29)22(21)32-24(28)17-9-5-2-6-10-17/h1-10,20-22H,11-15H2/t20-,21+,22-/m1/s1. The number of carbonyl (C=O) groups is 3. The molecule has 0 unspecified atom stereocenters. The zero-order chi connectivity index (χ0) is 22.1. The van der Waals surface area contributed by atoms with Crippen molar-refractivity contribution in [3.63, 3.8) is 0 Å². The van der Waals surface area contributed by atoms with Gasteiger partial charge in [-0.3, -0.25) is 4.90 Å². The summed E-state index contributed by atoms with van der Waals surface area (Å²) in [5.41, 5.74) is 2.88. The van der Waals surface area contributed by atoms with Crippen LogP contribution in [0.1, 0.15) is 40.0 Å². The van der Waals surface area contributed by atoms with E-state index in [2.05, 4.69) is 0 Å². The van der Waals surface area contributed by atoms with Crippen molar-refractivity contribution >= 4 is 18.0 Å². The van der Waals surface area contributed by atoms with Crippen molar-refractivity contribution in [3.05, 3.63) is 82.9 Å². The van der Waals surface area contributed by atoms with Crippen LogP contribution in [0.2, 0.25) is 0 Å². The molecule has 3 aliphatic rings. The number of fused-ring (bicyclic) bond motifs is 2. The highest BCUT2D eigenvalue weighted by molar-refractivity contribution is 5.90. The number of benzene rings is 2. The molecule has 2 aromatic rings. The van der Waals surface area contributed by atoms with E-state index in [1.165, 1.54) is 0 Å². The lowest BCUT2D eigenvalue weighted by molar-refractivity contribution is -0.0333. The Labute approximate surface area is 185 Å². The predicted octanol–water partition coefficient (Wildman–Crippen LogP) is 3.75. The molecule has 2 aromatic carbocycles. The average Bonchev–Trinajstić information content (AvgIpc) is 3.22. The van der Waals surface area contributed by atoms with Crippen LogP contribution in [0.15, 0.2) is 71.8 Å². The third-order valence-corrected chi connectivity index (χ3v) is 6.30. The van der Waals surface area contributed by atoms with Gasteiger partial charge in [-0.25, -0.2) is 14.4 Å². The van der Waals surface area contributed by atoms with Crippen LogP contribution in [0.3, 0.4) is 0 Å². The van der Waals surface area contributed by atoms with Gasteiger partial charge < -0.3 is 14.2 Å². The highest BCUT2D eigenvalue weighted by atomic mass is 16.6. The van der Waals surface area contributed by atoms with Crippen LogP contribution in [-0.2, 0) is 14.2 Å². The Morgan fingerprint density at radius 2 is 1.47 bits per heavy atom. The third kappa shape index (κ3) is 3.75. The smallest absolute Gasteiger partial charge is 0.410 e. The summed E-state index contributed by atoms with van der Waals surface area (Å²) < 4.78 is 17.0. The zero-order valence-corrected chi connectivity index (χ0v) is 17.4. The minimum absolute atomic E-state index is 0.144. The van der Waals surface area contributed by atoms with E-state index < -0.39 is 24.1 Å². The van der Waals surface area contributed by atoms with Gasteiger partial charge >= 0.3 is 18.0 Å². The monoisotopic (exact) mass is 433 g/mol. The van der Waals surface area contributed by atoms with Crippen molar-refractivity contribution in [1.82, 2.24) is 4.90 Å². The maximum Gasteiger partial charge on any atom is 0.410 e. The maximum atomic E-state index is 12.9. The van der Waals surface area contributed by atoms with E-state index in [-0.39, 0.29) is 12.1 Å². The molecular weight excluding hydrogens is 410 g/mol.